The first-order chi connectivity index (χ1) is 11.3. The van der Waals surface area contributed by atoms with Crippen LogP contribution in [0.15, 0.2) is 42.5 Å². The molecular weight excluding hydrogens is 333 g/mol. The monoisotopic (exact) mass is 349 g/mol. The van der Waals surface area contributed by atoms with E-state index in [-0.39, 0.29) is 29.5 Å². The number of anilines is 1. The zero-order valence-electron chi connectivity index (χ0n) is 13.0. The number of amides is 1. The molecule has 2 aromatic carbocycles. The molecule has 1 aliphatic heterocycles. The van der Waals surface area contributed by atoms with Crippen molar-refractivity contribution in [2.45, 2.75) is 11.7 Å². The third-order valence-electron chi connectivity index (χ3n) is 3.76. The SMILES string of the molecule is CS(=O)(=O)Cc1cc(F)ccc1NC(=O)[C@@H]1COc2ccccc21. The summed E-state index contributed by atoms with van der Waals surface area (Å²) in [6.07, 6.45) is 1.06. The van der Waals surface area contributed by atoms with Crippen LogP contribution in [0.4, 0.5) is 10.1 Å². The van der Waals surface area contributed by atoms with Gasteiger partial charge < -0.3 is 10.1 Å². The summed E-state index contributed by atoms with van der Waals surface area (Å²) in [5.41, 5.74) is 1.29. The van der Waals surface area contributed by atoms with Crippen molar-refractivity contribution < 1.29 is 22.3 Å². The number of carbonyl (C=O) groups is 1. The highest BCUT2D eigenvalue weighted by atomic mass is 32.2. The fourth-order valence-corrected chi connectivity index (χ4v) is 3.49. The minimum absolute atomic E-state index is 0.216. The van der Waals surface area contributed by atoms with Crippen molar-refractivity contribution in [1.82, 2.24) is 0 Å². The van der Waals surface area contributed by atoms with Crippen LogP contribution in [0.1, 0.15) is 17.0 Å². The summed E-state index contributed by atoms with van der Waals surface area (Å²) in [7, 11) is -3.36. The summed E-state index contributed by atoms with van der Waals surface area (Å²) in [4.78, 5) is 12.5. The number of hydrogen-bond acceptors (Lipinski definition) is 4. The maximum absolute atomic E-state index is 13.4. The lowest BCUT2D eigenvalue weighted by molar-refractivity contribution is -0.117. The third kappa shape index (κ3) is 3.56. The van der Waals surface area contributed by atoms with Gasteiger partial charge in [-0.1, -0.05) is 18.2 Å². The van der Waals surface area contributed by atoms with E-state index in [4.69, 9.17) is 4.74 Å². The largest absolute Gasteiger partial charge is 0.492 e. The standard InChI is InChI=1S/C17H16FNO4S/c1-24(21,22)10-11-8-12(18)6-7-15(11)19-17(20)14-9-23-16-5-3-2-4-13(14)16/h2-8,14H,9-10H2,1H3,(H,19,20)/t14-/m1/s1. The highest BCUT2D eigenvalue weighted by Crippen LogP contribution is 2.34. The number of hydrogen-bond donors (Lipinski definition) is 1. The quantitative estimate of drug-likeness (QED) is 0.920. The maximum atomic E-state index is 13.4. The molecule has 1 heterocycles. The molecule has 126 valence electrons. The van der Waals surface area contributed by atoms with Crippen molar-refractivity contribution in [1.29, 1.82) is 0 Å². The van der Waals surface area contributed by atoms with E-state index < -0.39 is 21.6 Å². The van der Waals surface area contributed by atoms with Crippen molar-refractivity contribution in [3.05, 3.63) is 59.4 Å². The van der Waals surface area contributed by atoms with Crippen LogP contribution in [0.5, 0.6) is 5.75 Å². The van der Waals surface area contributed by atoms with Crippen LogP contribution in [0, 0.1) is 5.82 Å². The molecule has 3 rings (SSSR count). The highest BCUT2D eigenvalue weighted by molar-refractivity contribution is 7.89. The molecule has 24 heavy (non-hydrogen) atoms. The maximum Gasteiger partial charge on any atom is 0.235 e. The molecule has 1 amide bonds. The second kappa shape index (κ2) is 6.24. The summed E-state index contributed by atoms with van der Waals surface area (Å²) < 4.78 is 41.9. The summed E-state index contributed by atoms with van der Waals surface area (Å²) >= 11 is 0. The van der Waals surface area contributed by atoms with Crippen LogP contribution in [0.3, 0.4) is 0 Å². The summed E-state index contributed by atoms with van der Waals surface area (Å²) in [6.45, 7) is 0.216. The van der Waals surface area contributed by atoms with Gasteiger partial charge in [0.15, 0.2) is 9.84 Å². The molecule has 0 fully saturated rings. The van der Waals surface area contributed by atoms with Crippen molar-refractivity contribution in [3.63, 3.8) is 0 Å². The van der Waals surface area contributed by atoms with E-state index in [9.17, 15) is 17.6 Å². The Morgan fingerprint density at radius 2 is 2.04 bits per heavy atom. The predicted octanol–water partition coefficient (Wildman–Crippen LogP) is 2.49. The van der Waals surface area contributed by atoms with E-state index in [2.05, 4.69) is 5.32 Å². The van der Waals surface area contributed by atoms with Gasteiger partial charge in [-0.3, -0.25) is 4.79 Å². The molecule has 7 heteroatoms. The van der Waals surface area contributed by atoms with Crippen LogP contribution < -0.4 is 10.1 Å². The van der Waals surface area contributed by atoms with Crippen LogP contribution in [-0.4, -0.2) is 27.2 Å². The van der Waals surface area contributed by atoms with E-state index in [1.165, 1.54) is 12.1 Å². The molecule has 0 aliphatic carbocycles. The molecule has 0 aromatic heterocycles. The van der Waals surface area contributed by atoms with Gasteiger partial charge in [0.2, 0.25) is 5.91 Å². The van der Waals surface area contributed by atoms with Crippen molar-refractivity contribution in [3.8, 4) is 5.75 Å². The molecule has 0 bridgehead atoms. The Hall–Kier alpha value is -2.41. The van der Waals surface area contributed by atoms with Crippen LogP contribution in [-0.2, 0) is 20.4 Å². The summed E-state index contributed by atoms with van der Waals surface area (Å²) in [6, 6.07) is 10.9. The van der Waals surface area contributed by atoms with E-state index in [0.717, 1.165) is 17.9 Å². The van der Waals surface area contributed by atoms with Gasteiger partial charge >= 0.3 is 0 Å². The second-order valence-electron chi connectivity index (χ2n) is 5.76. The minimum atomic E-state index is -3.36. The average molecular weight is 349 g/mol. The molecular formula is C17H16FNO4S. The number of fused-ring (bicyclic) bond motifs is 1. The number of sulfone groups is 1. The number of benzene rings is 2. The Kier molecular flexibility index (Phi) is 4.28. The lowest BCUT2D eigenvalue weighted by atomic mass is 10.0. The molecule has 1 aliphatic rings. The van der Waals surface area contributed by atoms with E-state index >= 15 is 0 Å². The highest BCUT2D eigenvalue weighted by Gasteiger charge is 2.30. The molecule has 0 spiro atoms. The number of rotatable bonds is 4. The number of carbonyl (C=O) groups excluding carboxylic acids is 1. The van der Waals surface area contributed by atoms with Gasteiger partial charge in [-0.25, -0.2) is 12.8 Å². The number of ether oxygens (including phenoxy) is 1. The smallest absolute Gasteiger partial charge is 0.235 e. The van der Waals surface area contributed by atoms with Crippen LogP contribution in [0.2, 0.25) is 0 Å². The summed E-state index contributed by atoms with van der Waals surface area (Å²) in [5, 5.41) is 2.69. The molecule has 0 unspecified atom stereocenters. The number of halogens is 1. The normalized spacial score (nSPS) is 16.3. The van der Waals surface area contributed by atoms with E-state index in [1.807, 2.05) is 18.2 Å². The van der Waals surface area contributed by atoms with Crippen molar-refractivity contribution in [2.24, 2.45) is 0 Å². The van der Waals surface area contributed by atoms with Gasteiger partial charge in [0, 0.05) is 17.5 Å². The number of para-hydroxylation sites is 1. The van der Waals surface area contributed by atoms with Gasteiger partial charge in [0.1, 0.15) is 24.1 Å². The Balaban J connectivity index is 1.85. The number of nitrogens with one attached hydrogen (secondary N) is 1. The lowest BCUT2D eigenvalue weighted by Gasteiger charge is -2.14. The zero-order chi connectivity index (χ0) is 17.3. The van der Waals surface area contributed by atoms with Gasteiger partial charge in [0.25, 0.3) is 0 Å². The molecule has 0 radical (unpaired) electrons. The minimum Gasteiger partial charge on any atom is -0.492 e. The molecule has 1 N–H and O–H groups in total. The van der Waals surface area contributed by atoms with Crippen LogP contribution >= 0.6 is 0 Å². The Labute approximate surface area is 139 Å². The van der Waals surface area contributed by atoms with Crippen LogP contribution in [0.25, 0.3) is 0 Å². The van der Waals surface area contributed by atoms with Crippen molar-refractivity contribution >= 4 is 21.4 Å². The Bertz CT molecular complexity index is 895. The zero-order valence-corrected chi connectivity index (χ0v) is 13.8. The van der Waals surface area contributed by atoms with Gasteiger partial charge in [0.05, 0.1) is 5.75 Å². The lowest BCUT2D eigenvalue weighted by Crippen LogP contribution is -2.23. The third-order valence-corrected chi connectivity index (χ3v) is 4.59. The molecule has 0 saturated heterocycles. The van der Waals surface area contributed by atoms with Gasteiger partial charge in [-0.05, 0) is 29.8 Å². The van der Waals surface area contributed by atoms with Crippen molar-refractivity contribution in [2.75, 3.05) is 18.2 Å². The van der Waals surface area contributed by atoms with E-state index in [0.29, 0.717) is 5.75 Å². The second-order valence-corrected chi connectivity index (χ2v) is 7.90. The average Bonchev–Trinajstić information content (AvgIpc) is 2.92. The first-order valence-electron chi connectivity index (χ1n) is 7.32. The predicted molar refractivity (Wildman–Crippen MR) is 88.3 cm³/mol. The molecule has 1 atom stereocenters. The molecule has 5 nitrogen and oxygen atoms in total. The van der Waals surface area contributed by atoms with Gasteiger partial charge in [-0.15, -0.1) is 0 Å². The van der Waals surface area contributed by atoms with E-state index in [1.54, 1.807) is 6.07 Å². The summed E-state index contributed by atoms with van der Waals surface area (Å²) in [5.74, 6) is -1.05. The topological polar surface area (TPSA) is 72.5 Å². The first-order valence-corrected chi connectivity index (χ1v) is 9.38. The first kappa shape index (κ1) is 16.4. The fourth-order valence-electron chi connectivity index (χ4n) is 2.69. The Morgan fingerprint density at radius 3 is 2.79 bits per heavy atom. The van der Waals surface area contributed by atoms with Gasteiger partial charge in [-0.2, -0.15) is 0 Å². The fraction of sp³-hybridized carbons (Fsp3) is 0.235. The molecule has 0 saturated carbocycles. The Morgan fingerprint density at radius 1 is 1.29 bits per heavy atom. The molecule has 2 aromatic rings.